The number of carbonyl (C=O) groups excluding carboxylic acids is 3. The SMILES string of the molecule is O.O.O.O.O.O.O=C(O)c1nc(-c2cccc(F)c2)[nH]c1C(=O)[O-].O=C([O-])c1nc(-c2cccc(F)c2)[nH]c1C(=O)O.O=C([O-])c1nc(-c2cccc(F)c2)[nH]c1C(=O)O.[Eu+3].[OH3+].[OH3+].[OH3+].[OH3+].[OH3+].[OH3+]. The molecule has 0 amide bonds. The van der Waals surface area contributed by atoms with Gasteiger partial charge in [0.15, 0.2) is 17.1 Å². The summed E-state index contributed by atoms with van der Waals surface area (Å²) in [4.78, 5) is 82.2. The van der Waals surface area contributed by atoms with E-state index >= 15 is 0 Å². The van der Waals surface area contributed by atoms with E-state index in [0.717, 1.165) is 18.2 Å². The number of hydrogen-bond donors (Lipinski definition) is 6. The number of carboxylic acid groups (broad SMARTS) is 6. The van der Waals surface area contributed by atoms with Crippen molar-refractivity contribution < 1.29 is 188 Å². The Morgan fingerprint density at radius 1 is 0.418 bits per heavy atom. The minimum absolute atomic E-state index is 0. The molecule has 0 atom stereocenters. The Labute approximate surface area is 409 Å². The molecule has 0 spiro atoms. The Morgan fingerprint density at radius 3 is 0.851 bits per heavy atom. The van der Waals surface area contributed by atoms with Crippen LogP contribution in [0.1, 0.15) is 62.9 Å². The number of aromatic nitrogens is 6. The third kappa shape index (κ3) is 21.2. The van der Waals surface area contributed by atoms with Crippen LogP contribution in [0.5, 0.6) is 0 Å². The summed E-state index contributed by atoms with van der Waals surface area (Å²) in [6.45, 7) is 0. The third-order valence-electron chi connectivity index (χ3n) is 6.63. The van der Waals surface area contributed by atoms with Gasteiger partial charge >= 0.3 is 67.3 Å². The zero-order valence-corrected chi connectivity index (χ0v) is 35.7. The van der Waals surface area contributed by atoms with Gasteiger partial charge in [0.05, 0.1) is 23.6 Å². The number of carbonyl (C=O) groups is 6. The fourth-order valence-electron chi connectivity index (χ4n) is 4.34. The standard InChI is InChI=1S/3C11H7FN2O4.Eu.12H2O/c3*12-6-3-1-2-5(4-6)9-13-7(10(15)16)8(14-9)11(17)18;;;;;;;;;;;;;/h3*1-4H,(H,13,14)(H,15,16)(H,17,18);;12*1H2/q;;;+3;;;;;;;;;;;;/p+3. The normalized spacial score (nSPS) is 8.28. The molecular weight excluding hydrogens is 1070 g/mol. The van der Waals surface area contributed by atoms with Gasteiger partial charge in [0, 0.05) is 16.7 Å². The number of aromatic amines is 3. The first-order chi connectivity index (χ1) is 25.5. The van der Waals surface area contributed by atoms with Gasteiger partial charge < -0.3 is 126 Å². The number of rotatable bonds is 9. The molecule has 3 aromatic heterocycles. The van der Waals surface area contributed by atoms with Crippen molar-refractivity contribution in [1.29, 1.82) is 0 Å². The maximum absolute atomic E-state index is 13.0. The summed E-state index contributed by atoms with van der Waals surface area (Å²) < 4.78 is 39.0. The fourth-order valence-corrected chi connectivity index (χ4v) is 4.34. The largest absolute Gasteiger partial charge is 3.00 e. The van der Waals surface area contributed by atoms with Crippen LogP contribution in [0, 0.1) is 66.8 Å². The molecule has 0 saturated carbocycles. The zero-order chi connectivity index (χ0) is 39.9. The van der Waals surface area contributed by atoms with Gasteiger partial charge in [-0.25, -0.2) is 42.5 Å². The van der Waals surface area contributed by atoms with E-state index in [1.165, 1.54) is 54.6 Å². The van der Waals surface area contributed by atoms with Gasteiger partial charge in [-0.15, -0.1) is 0 Å². The van der Waals surface area contributed by atoms with Crippen LogP contribution in [0.2, 0.25) is 0 Å². The summed E-state index contributed by atoms with van der Waals surface area (Å²) in [7, 11) is 0. The zero-order valence-electron chi connectivity index (χ0n) is 33.3. The van der Waals surface area contributed by atoms with E-state index in [0.29, 0.717) is 0 Å². The van der Waals surface area contributed by atoms with Gasteiger partial charge in [0.2, 0.25) is 0 Å². The topological polar surface area (TPSA) is 705 Å². The van der Waals surface area contributed by atoms with Crippen molar-refractivity contribution in [3.8, 4) is 34.2 Å². The van der Waals surface area contributed by atoms with Crippen molar-refractivity contribution in [1.82, 2.24) is 29.9 Å². The van der Waals surface area contributed by atoms with Crippen LogP contribution in [-0.2, 0) is 32.9 Å². The van der Waals surface area contributed by atoms with Crippen LogP contribution in [-0.4, -0.2) is 114 Å². The number of halogens is 3. The first kappa shape index (κ1) is 83.5. The number of benzene rings is 3. The molecule has 30 nitrogen and oxygen atoms in total. The van der Waals surface area contributed by atoms with Crippen molar-refractivity contribution >= 4 is 35.8 Å². The molecule has 34 heteroatoms. The smallest absolute Gasteiger partial charge is 0.543 e. The first-order valence-corrected chi connectivity index (χ1v) is 14.4. The van der Waals surface area contributed by atoms with Crippen LogP contribution in [0.3, 0.4) is 0 Å². The van der Waals surface area contributed by atoms with Gasteiger partial charge in [-0.2, -0.15) is 0 Å². The van der Waals surface area contributed by atoms with E-state index in [1.807, 2.05) is 0 Å². The molecule has 0 aliphatic rings. The third-order valence-corrected chi connectivity index (χ3v) is 6.63. The molecule has 0 unspecified atom stereocenters. The van der Waals surface area contributed by atoms with Crippen molar-refractivity contribution in [3.63, 3.8) is 0 Å². The van der Waals surface area contributed by atoms with Gasteiger partial charge in [0.1, 0.15) is 46.3 Å². The number of hydrogen-bond acceptors (Lipinski definition) is 12. The van der Waals surface area contributed by atoms with Crippen LogP contribution in [0.25, 0.3) is 34.2 Å². The molecule has 6 rings (SSSR count). The van der Waals surface area contributed by atoms with Gasteiger partial charge in [-0.3, -0.25) is 0 Å². The predicted octanol–water partition coefficient (Wildman–Crippen LogP) is -9.65. The Balaban J connectivity index is -0.0000000829. The number of aromatic carboxylic acids is 6. The van der Waals surface area contributed by atoms with Crippen LogP contribution in [0.15, 0.2) is 72.8 Å². The summed E-state index contributed by atoms with van der Waals surface area (Å²) in [5.74, 6) is -11.4. The number of carboxylic acids is 6. The van der Waals surface area contributed by atoms with E-state index < -0.39 is 87.4 Å². The molecule has 0 radical (unpaired) electrons. The summed E-state index contributed by atoms with van der Waals surface area (Å²) in [5, 5.41) is 58.5. The fraction of sp³-hybridized carbons (Fsp3) is 0. The monoisotopic (exact) mass is 1120 g/mol. The average molecular weight is 1120 g/mol. The van der Waals surface area contributed by atoms with E-state index in [2.05, 4.69) is 29.9 Å². The van der Waals surface area contributed by atoms with Crippen LogP contribution in [0.4, 0.5) is 13.2 Å². The summed E-state index contributed by atoms with van der Waals surface area (Å²) in [6.07, 6.45) is 0. The first-order valence-electron chi connectivity index (χ1n) is 14.4. The number of nitrogens with one attached hydrogen (secondary N) is 3. The Hall–Kier alpha value is -7.00. The molecular formula is C33H48EuF3N6O24+6. The maximum atomic E-state index is 13.0. The Bertz CT molecular complexity index is 2110. The maximum Gasteiger partial charge on any atom is 3.00 e. The van der Waals surface area contributed by atoms with Crippen molar-refractivity contribution in [2.24, 2.45) is 0 Å². The molecule has 0 fully saturated rings. The van der Waals surface area contributed by atoms with E-state index in [-0.39, 0.29) is 149 Å². The second-order valence-electron chi connectivity index (χ2n) is 10.2. The summed E-state index contributed by atoms with van der Waals surface area (Å²) in [6, 6.07) is 15.5. The molecule has 376 valence electrons. The van der Waals surface area contributed by atoms with Gasteiger partial charge in [-0.05, 0) is 36.4 Å². The molecule has 36 N–H and O–H groups in total. The van der Waals surface area contributed by atoms with E-state index in [4.69, 9.17) is 15.3 Å². The second kappa shape index (κ2) is 36.2. The number of imidazole rings is 3. The van der Waals surface area contributed by atoms with Crippen molar-refractivity contribution in [3.05, 3.63) is 124 Å². The quantitative estimate of drug-likeness (QED) is 0.0733. The molecule has 67 heavy (non-hydrogen) atoms. The molecule has 0 aliphatic heterocycles. The Morgan fingerprint density at radius 2 is 0.672 bits per heavy atom. The van der Waals surface area contributed by atoms with Gasteiger partial charge in [0.25, 0.3) is 0 Å². The van der Waals surface area contributed by atoms with E-state index in [9.17, 15) is 57.3 Å². The molecule has 6 aromatic rings. The van der Waals surface area contributed by atoms with Crippen molar-refractivity contribution in [2.45, 2.75) is 0 Å². The Kier molecular flexibility index (Phi) is 45.2. The average Bonchev–Trinajstić information content (AvgIpc) is 3.87. The second-order valence-corrected chi connectivity index (χ2v) is 10.2. The van der Waals surface area contributed by atoms with Crippen LogP contribution >= 0.6 is 0 Å². The summed E-state index contributed by atoms with van der Waals surface area (Å²) >= 11 is 0. The van der Waals surface area contributed by atoms with Crippen molar-refractivity contribution in [2.75, 3.05) is 0 Å². The molecule has 3 aromatic carbocycles. The van der Waals surface area contributed by atoms with E-state index in [1.54, 1.807) is 0 Å². The minimum Gasteiger partial charge on any atom is -0.543 e. The summed E-state index contributed by atoms with van der Waals surface area (Å²) in [5.41, 5.74) is -3.25. The van der Waals surface area contributed by atoms with Gasteiger partial charge in [-0.1, -0.05) is 36.4 Å². The minimum atomic E-state index is -1.72. The molecule has 0 saturated heterocycles. The molecule has 0 aliphatic carbocycles. The number of H-pyrrole nitrogens is 3. The molecule has 3 heterocycles. The van der Waals surface area contributed by atoms with Crippen LogP contribution < -0.4 is 15.3 Å². The number of nitrogens with zero attached hydrogens (tertiary/aromatic N) is 3. The predicted molar refractivity (Wildman–Crippen MR) is 217 cm³/mol. The molecule has 0 bridgehead atoms.